The third-order valence-corrected chi connectivity index (χ3v) is 9.91. The number of fused-ring (bicyclic) bond motifs is 1. The minimum atomic E-state index is -1.31. The largest absolute Gasteiger partial charge is 0.0695 e. The lowest BCUT2D eigenvalue weighted by Gasteiger charge is -2.38. The molecule has 0 radical (unpaired) electrons. The Labute approximate surface area is 150 Å². The summed E-state index contributed by atoms with van der Waals surface area (Å²) >= 11 is 0. The molecule has 2 aromatic rings. The number of hydrogen-bond acceptors (Lipinski definition) is 0. The van der Waals surface area contributed by atoms with Crippen LogP contribution in [0.3, 0.4) is 0 Å². The highest BCUT2D eigenvalue weighted by atomic mass is 28.3. The Morgan fingerprint density at radius 2 is 1.25 bits per heavy atom. The lowest BCUT2D eigenvalue weighted by molar-refractivity contribution is 0.652. The fourth-order valence-corrected chi connectivity index (χ4v) is 9.70. The second-order valence-electron chi connectivity index (χ2n) is 9.78. The molecule has 0 saturated carbocycles. The molecule has 0 fully saturated rings. The van der Waals surface area contributed by atoms with Crippen LogP contribution in [0.25, 0.3) is 0 Å². The Morgan fingerprint density at radius 1 is 0.708 bits per heavy atom. The van der Waals surface area contributed by atoms with E-state index in [0.717, 1.165) is 11.5 Å². The second kappa shape index (κ2) is 6.31. The molecule has 0 N–H and O–H groups in total. The van der Waals surface area contributed by atoms with Crippen molar-refractivity contribution in [1.29, 1.82) is 0 Å². The number of benzene rings is 2. The van der Waals surface area contributed by atoms with Crippen LogP contribution in [0.1, 0.15) is 28.5 Å². The van der Waals surface area contributed by atoms with Crippen LogP contribution in [0.2, 0.25) is 50.9 Å². The van der Waals surface area contributed by atoms with E-state index in [1.165, 1.54) is 11.6 Å². The smallest absolute Gasteiger partial charge is 0.0490 e. The quantitative estimate of drug-likeness (QED) is 0.522. The molecule has 24 heavy (non-hydrogen) atoms. The Hall–Kier alpha value is -1.13. The summed E-state index contributed by atoms with van der Waals surface area (Å²) in [4.78, 5) is 0. The highest BCUT2D eigenvalue weighted by Crippen LogP contribution is 2.59. The summed E-state index contributed by atoms with van der Waals surface area (Å²) in [6.07, 6.45) is 0. The Balaban J connectivity index is 2.16. The maximum absolute atomic E-state index is 2.58. The van der Waals surface area contributed by atoms with Crippen molar-refractivity contribution in [1.82, 2.24) is 0 Å². The zero-order valence-electron chi connectivity index (χ0n) is 16.1. The van der Waals surface area contributed by atoms with Gasteiger partial charge >= 0.3 is 0 Å². The normalized spacial score (nSPS) is 24.0. The fourth-order valence-electron chi connectivity index (χ4n) is 4.80. The lowest BCUT2D eigenvalue weighted by atomic mass is 9.92. The van der Waals surface area contributed by atoms with Gasteiger partial charge in [-0.05, 0) is 28.1 Å². The van der Waals surface area contributed by atoms with Crippen LogP contribution in [0.5, 0.6) is 0 Å². The third kappa shape index (κ3) is 3.45. The van der Waals surface area contributed by atoms with Crippen molar-refractivity contribution in [2.45, 2.75) is 62.7 Å². The Bertz CT molecular complexity index is 692. The Morgan fingerprint density at radius 3 is 1.79 bits per heavy atom. The number of rotatable bonds is 4. The van der Waals surface area contributed by atoms with Gasteiger partial charge in [-0.2, -0.15) is 0 Å². The van der Waals surface area contributed by atoms with Crippen LogP contribution in [0.4, 0.5) is 0 Å². The number of hydrogen-bond donors (Lipinski definition) is 0. The van der Waals surface area contributed by atoms with Crippen molar-refractivity contribution in [2.24, 2.45) is 0 Å². The van der Waals surface area contributed by atoms with Gasteiger partial charge in [0.2, 0.25) is 0 Å². The molecule has 0 nitrogen and oxygen atoms in total. The first kappa shape index (κ1) is 17.7. The van der Waals surface area contributed by atoms with Crippen LogP contribution < -0.4 is 0 Å². The van der Waals surface area contributed by atoms with Gasteiger partial charge in [-0.3, -0.25) is 0 Å². The molecule has 1 aliphatic carbocycles. The molecule has 0 aliphatic heterocycles. The second-order valence-corrected chi connectivity index (χ2v) is 20.7. The molecule has 1 aliphatic rings. The van der Waals surface area contributed by atoms with Crippen LogP contribution in [0, 0.1) is 0 Å². The van der Waals surface area contributed by atoms with Crippen molar-refractivity contribution in [3.8, 4) is 0 Å². The zero-order valence-corrected chi connectivity index (χ0v) is 18.1. The van der Waals surface area contributed by atoms with E-state index in [9.17, 15) is 0 Å². The maximum Gasteiger partial charge on any atom is 0.0490 e. The van der Waals surface area contributed by atoms with E-state index < -0.39 is 16.1 Å². The minimum Gasteiger partial charge on any atom is -0.0695 e. The summed E-state index contributed by atoms with van der Waals surface area (Å²) in [5.74, 6) is 1.35. The first-order valence-corrected chi connectivity index (χ1v) is 16.6. The van der Waals surface area contributed by atoms with E-state index in [1.807, 2.05) is 0 Å². The molecular weight excluding hydrogens is 320 g/mol. The van der Waals surface area contributed by atoms with Gasteiger partial charge in [0.1, 0.15) is 0 Å². The molecule has 0 unspecified atom stereocenters. The van der Waals surface area contributed by atoms with E-state index in [2.05, 4.69) is 93.9 Å². The SMILES string of the molecule is C[Si](C)(C)C[C@@H]1c2ccccc2[C@H](c2ccccc2)[C@H]1[Si](C)(C)C. The summed E-state index contributed by atoms with van der Waals surface area (Å²) in [5.41, 5.74) is 5.60. The van der Waals surface area contributed by atoms with Gasteiger partial charge in [-0.15, -0.1) is 0 Å². The van der Waals surface area contributed by atoms with Crippen LogP contribution in [-0.2, 0) is 0 Å². The molecule has 0 heterocycles. The molecule has 0 spiro atoms. The van der Waals surface area contributed by atoms with Gasteiger partial charge in [0.05, 0.1) is 0 Å². The summed E-state index contributed by atoms with van der Waals surface area (Å²) < 4.78 is 0. The molecule has 0 bridgehead atoms. The highest BCUT2D eigenvalue weighted by Gasteiger charge is 2.48. The van der Waals surface area contributed by atoms with Crippen LogP contribution in [0.15, 0.2) is 54.6 Å². The van der Waals surface area contributed by atoms with E-state index >= 15 is 0 Å². The lowest BCUT2D eigenvalue weighted by Crippen LogP contribution is -2.36. The molecule has 0 aromatic heterocycles. The first-order chi connectivity index (χ1) is 11.2. The van der Waals surface area contributed by atoms with Gasteiger partial charge < -0.3 is 0 Å². The average Bonchev–Trinajstić information content (AvgIpc) is 2.81. The van der Waals surface area contributed by atoms with Crippen molar-refractivity contribution < 1.29 is 0 Å². The van der Waals surface area contributed by atoms with Crippen molar-refractivity contribution in [2.75, 3.05) is 0 Å². The van der Waals surface area contributed by atoms with Crippen molar-refractivity contribution in [3.05, 3.63) is 71.3 Å². The molecule has 0 amide bonds. The maximum atomic E-state index is 2.58. The molecule has 128 valence electrons. The van der Waals surface area contributed by atoms with Crippen LogP contribution >= 0.6 is 0 Å². The van der Waals surface area contributed by atoms with E-state index in [1.54, 1.807) is 11.1 Å². The first-order valence-electron chi connectivity index (χ1n) is 9.32. The van der Waals surface area contributed by atoms with Gasteiger partial charge in [0, 0.05) is 22.1 Å². The highest BCUT2D eigenvalue weighted by molar-refractivity contribution is 6.79. The minimum absolute atomic E-state index is 0.593. The monoisotopic (exact) mass is 352 g/mol. The van der Waals surface area contributed by atoms with Crippen molar-refractivity contribution in [3.63, 3.8) is 0 Å². The molecular formula is C22H32Si2. The van der Waals surface area contributed by atoms with Gasteiger partial charge in [0.25, 0.3) is 0 Å². The molecule has 3 atom stereocenters. The molecule has 2 aromatic carbocycles. The molecule has 2 heteroatoms. The summed E-state index contributed by atoms with van der Waals surface area (Å²) in [5, 5.41) is 0. The summed E-state index contributed by atoms with van der Waals surface area (Å²) in [6, 6.07) is 22.0. The van der Waals surface area contributed by atoms with Crippen LogP contribution in [-0.4, -0.2) is 16.1 Å². The van der Waals surface area contributed by atoms with Gasteiger partial charge in [0.15, 0.2) is 0 Å². The Kier molecular flexibility index (Phi) is 4.65. The molecule has 0 saturated heterocycles. The molecule has 3 rings (SSSR count). The topological polar surface area (TPSA) is 0 Å². The summed E-state index contributed by atoms with van der Waals surface area (Å²) in [7, 11) is -2.43. The predicted molar refractivity (Wildman–Crippen MR) is 113 cm³/mol. The zero-order chi connectivity index (χ0) is 17.5. The summed E-state index contributed by atoms with van der Waals surface area (Å²) in [6.45, 7) is 15.3. The van der Waals surface area contributed by atoms with E-state index in [0.29, 0.717) is 5.92 Å². The third-order valence-electron chi connectivity index (χ3n) is 5.51. The van der Waals surface area contributed by atoms with Gasteiger partial charge in [-0.1, -0.05) is 99.9 Å². The van der Waals surface area contributed by atoms with E-state index in [4.69, 9.17) is 0 Å². The predicted octanol–water partition coefficient (Wildman–Crippen LogP) is 6.96. The van der Waals surface area contributed by atoms with E-state index in [-0.39, 0.29) is 0 Å². The fraction of sp³-hybridized carbons (Fsp3) is 0.455. The van der Waals surface area contributed by atoms with Gasteiger partial charge in [-0.25, -0.2) is 0 Å². The standard InChI is InChI=1S/C22H32Si2/c1-23(2,3)16-20-18-14-10-11-15-19(18)21(22(20)24(4,5)6)17-12-8-7-9-13-17/h7-15,20-22H,16H2,1-6H3/t20-,21+,22+/m1/s1. The average molecular weight is 353 g/mol. The van der Waals surface area contributed by atoms with Crippen molar-refractivity contribution >= 4 is 16.1 Å².